The summed E-state index contributed by atoms with van der Waals surface area (Å²) in [6.07, 6.45) is 3.65. The van der Waals surface area contributed by atoms with Crippen LogP contribution in [0.1, 0.15) is 18.9 Å². The maximum absolute atomic E-state index is 3.48. The molecular formula is C18H17BrSe. The van der Waals surface area contributed by atoms with Crippen LogP contribution in [0.3, 0.4) is 0 Å². The Kier molecular flexibility index (Phi) is 4.45. The van der Waals surface area contributed by atoms with E-state index in [1.165, 1.54) is 16.4 Å². The van der Waals surface area contributed by atoms with E-state index < -0.39 is 0 Å². The van der Waals surface area contributed by atoms with Crippen molar-refractivity contribution in [2.24, 2.45) is 5.92 Å². The van der Waals surface area contributed by atoms with Crippen molar-refractivity contribution in [1.29, 1.82) is 0 Å². The van der Waals surface area contributed by atoms with Crippen molar-refractivity contribution >= 4 is 41.4 Å². The van der Waals surface area contributed by atoms with Gasteiger partial charge in [0.25, 0.3) is 0 Å². The fraction of sp³-hybridized carbons (Fsp3) is 0.222. The van der Waals surface area contributed by atoms with Gasteiger partial charge in [0, 0.05) is 0 Å². The molecule has 1 aliphatic carbocycles. The molecule has 1 aliphatic rings. The van der Waals surface area contributed by atoms with Crippen molar-refractivity contribution in [2.75, 3.05) is 0 Å². The van der Waals surface area contributed by atoms with Gasteiger partial charge in [0.05, 0.1) is 0 Å². The summed E-state index contributed by atoms with van der Waals surface area (Å²) in [6.45, 7) is 2.40. The quantitative estimate of drug-likeness (QED) is 0.663. The first-order valence-electron chi connectivity index (χ1n) is 6.90. The average Bonchev–Trinajstić information content (AvgIpc) is 3.22. The molecule has 0 radical (unpaired) electrons. The fourth-order valence-corrected chi connectivity index (χ4v) is 5.13. The SMILES string of the molecule is CC([Se]c1ccccc1)C1C/C1=C\c1ccc(Br)cc1. The van der Waals surface area contributed by atoms with Gasteiger partial charge in [-0.1, -0.05) is 0 Å². The predicted molar refractivity (Wildman–Crippen MR) is 91.5 cm³/mol. The van der Waals surface area contributed by atoms with Crippen molar-refractivity contribution < 1.29 is 0 Å². The Morgan fingerprint density at radius 2 is 1.80 bits per heavy atom. The molecule has 3 rings (SSSR count). The molecule has 0 bridgehead atoms. The molecule has 2 aromatic carbocycles. The van der Waals surface area contributed by atoms with E-state index in [1.807, 2.05) is 0 Å². The molecule has 0 saturated heterocycles. The van der Waals surface area contributed by atoms with Crippen LogP contribution in [-0.2, 0) is 0 Å². The van der Waals surface area contributed by atoms with E-state index in [-0.39, 0.29) is 0 Å². The van der Waals surface area contributed by atoms with E-state index >= 15 is 0 Å². The Hall–Kier alpha value is -0.821. The van der Waals surface area contributed by atoms with Crippen LogP contribution < -0.4 is 4.46 Å². The molecule has 2 heteroatoms. The van der Waals surface area contributed by atoms with E-state index in [9.17, 15) is 0 Å². The third-order valence-corrected chi connectivity index (χ3v) is 6.77. The molecule has 0 aromatic heterocycles. The maximum atomic E-state index is 3.48. The minimum atomic E-state index is 0.585. The molecule has 2 unspecified atom stereocenters. The van der Waals surface area contributed by atoms with Gasteiger partial charge in [0.15, 0.2) is 0 Å². The van der Waals surface area contributed by atoms with Crippen LogP contribution in [0.2, 0.25) is 4.82 Å². The number of rotatable bonds is 4. The molecule has 0 nitrogen and oxygen atoms in total. The second-order valence-electron chi connectivity index (χ2n) is 5.22. The van der Waals surface area contributed by atoms with Crippen LogP contribution in [0.5, 0.6) is 0 Å². The van der Waals surface area contributed by atoms with Gasteiger partial charge in [0.2, 0.25) is 0 Å². The number of benzene rings is 2. The van der Waals surface area contributed by atoms with Crippen molar-refractivity contribution in [2.45, 2.75) is 18.2 Å². The molecule has 102 valence electrons. The van der Waals surface area contributed by atoms with E-state index in [2.05, 4.69) is 83.5 Å². The Balaban J connectivity index is 1.62. The topological polar surface area (TPSA) is 0 Å². The summed E-state index contributed by atoms with van der Waals surface area (Å²) in [7, 11) is 0. The zero-order valence-electron chi connectivity index (χ0n) is 11.4. The zero-order chi connectivity index (χ0) is 13.9. The first-order valence-corrected chi connectivity index (χ1v) is 9.54. The average molecular weight is 392 g/mol. The summed E-state index contributed by atoms with van der Waals surface area (Å²) in [6, 6.07) is 19.5. The Labute approximate surface area is 135 Å². The van der Waals surface area contributed by atoms with Gasteiger partial charge in [0.1, 0.15) is 0 Å². The van der Waals surface area contributed by atoms with Gasteiger partial charge >= 0.3 is 136 Å². The van der Waals surface area contributed by atoms with E-state index in [0.717, 1.165) is 15.2 Å². The van der Waals surface area contributed by atoms with Gasteiger partial charge < -0.3 is 0 Å². The third kappa shape index (κ3) is 3.63. The Morgan fingerprint density at radius 1 is 1.10 bits per heavy atom. The normalized spacial score (nSPS) is 20.9. The molecule has 20 heavy (non-hydrogen) atoms. The van der Waals surface area contributed by atoms with Crippen LogP contribution in [0.4, 0.5) is 0 Å². The molecule has 1 saturated carbocycles. The summed E-state index contributed by atoms with van der Waals surface area (Å²) in [5, 5.41) is 0. The van der Waals surface area contributed by atoms with Gasteiger partial charge in [-0.25, -0.2) is 0 Å². The van der Waals surface area contributed by atoms with Crippen LogP contribution in [0.25, 0.3) is 6.08 Å². The van der Waals surface area contributed by atoms with Crippen molar-refractivity contribution in [3.05, 3.63) is 70.2 Å². The zero-order valence-corrected chi connectivity index (χ0v) is 14.7. The summed E-state index contributed by atoms with van der Waals surface area (Å²) in [5.74, 6) is 0.804. The monoisotopic (exact) mass is 392 g/mol. The van der Waals surface area contributed by atoms with Crippen LogP contribution in [0.15, 0.2) is 64.6 Å². The molecule has 2 atom stereocenters. The molecule has 2 aromatic rings. The first-order chi connectivity index (χ1) is 9.72. The summed E-state index contributed by atoms with van der Waals surface area (Å²) in [5.41, 5.74) is 2.95. The van der Waals surface area contributed by atoms with Crippen LogP contribution in [-0.4, -0.2) is 15.0 Å². The van der Waals surface area contributed by atoms with Crippen molar-refractivity contribution in [1.82, 2.24) is 0 Å². The Morgan fingerprint density at radius 3 is 2.50 bits per heavy atom. The standard InChI is InChI=1S/C18H17BrSe/c1-13(20-17-5-3-2-4-6-17)18-12-15(18)11-14-7-9-16(19)10-8-14/h2-11,13,18H,12H2,1H3/b15-11+. The summed E-state index contributed by atoms with van der Waals surface area (Å²) < 4.78 is 2.66. The molecule has 0 aliphatic heterocycles. The van der Waals surface area contributed by atoms with Gasteiger partial charge in [-0.2, -0.15) is 0 Å². The van der Waals surface area contributed by atoms with Gasteiger partial charge in [-0.05, 0) is 0 Å². The molecule has 0 amide bonds. The predicted octanol–water partition coefficient (Wildman–Crippen LogP) is 4.69. The van der Waals surface area contributed by atoms with Gasteiger partial charge in [-0.15, -0.1) is 0 Å². The van der Waals surface area contributed by atoms with E-state index in [0.29, 0.717) is 15.0 Å². The van der Waals surface area contributed by atoms with E-state index in [1.54, 1.807) is 5.57 Å². The second-order valence-corrected chi connectivity index (χ2v) is 9.18. The van der Waals surface area contributed by atoms with Crippen LogP contribution in [0, 0.1) is 5.92 Å². The molecule has 0 N–H and O–H groups in total. The van der Waals surface area contributed by atoms with Crippen molar-refractivity contribution in [3.63, 3.8) is 0 Å². The van der Waals surface area contributed by atoms with Crippen molar-refractivity contribution in [3.8, 4) is 0 Å². The molecule has 1 fully saturated rings. The fourth-order valence-electron chi connectivity index (χ4n) is 2.40. The molecule has 0 spiro atoms. The Bertz CT molecular complexity index is 601. The number of halogens is 1. The molecule has 0 heterocycles. The number of hydrogen-bond donors (Lipinski definition) is 0. The minimum absolute atomic E-state index is 0.585. The van der Waals surface area contributed by atoms with Crippen LogP contribution >= 0.6 is 15.9 Å². The first kappa shape index (κ1) is 14.1. The third-order valence-electron chi connectivity index (χ3n) is 3.63. The second kappa shape index (κ2) is 6.30. The van der Waals surface area contributed by atoms with E-state index in [4.69, 9.17) is 0 Å². The summed E-state index contributed by atoms with van der Waals surface area (Å²) >= 11 is 4.07. The number of allylic oxidation sites excluding steroid dienone is 1. The summed E-state index contributed by atoms with van der Waals surface area (Å²) in [4.78, 5) is 0.798. The number of hydrogen-bond acceptors (Lipinski definition) is 0. The molecular weight excluding hydrogens is 375 g/mol. The van der Waals surface area contributed by atoms with Gasteiger partial charge in [-0.3, -0.25) is 0 Å².